The Hall–Kier alpha value is -2.53. The molecule has 1 spiro atoms. The predicted octanol–water partition coefficient (Wildman–Crippen LogP) is 1.61. The van der Waals surface area contributed by atoms with Crippen molar-refractivity contribution in [2.24, 2.45) is 16.5 Å². The van der Waals surface area contributed by atoms with Crippen LogP contribution >= 0.6 is 0 Å². The van der Waals surface area contributed by atoms with Gasteiger partial charge < -0.3 is 16.2 Å². The largest absolute Gasteiger partial charge is 0.481 e. The Morgan fingerprint density at radius 2 is 1.83 bits per heavy atom. The molecule has 5 heteroatoms. The number of aliphatic imine (C=N–C) groups is 1. The number of fused-ring (bicyclic) bond motifs is 3. The molecule has 0 radical (unpaired) electrons. The molecular formula is C19H22N4O. The summed E-state index contributed by atoms with van der Waals surface area (Å²) < 4.78 is 6.49. The van der Waals surface area contributed by atoms with Crippen LogP contribution in [0.4, 0.5) is 0 Å². The zero-order chi connectivity index (χ0) is 16.6. The van der Waals surface area contributed by atoms with Gasteiger partial charge in [0.25, 0.3) is 0 Å². The van der Waals surface area contributed by atoms with E-state index in [1.165, 1.54) is 16.7 Å². The molecule has 0 saturated heterocycles. The molecule has 24 heavy (non-hydrogen) atoms. The molecule has 2 heterocycles. The van der Waals surface area contributed by atoms with Crippen molar-refractivity contribution in [3.63, 3.8) is 0 Å². The van der Waals surface area contributed by atoms with Crippen LogP contribution < -0.4 is 16.2 Å². The van der Waals surface area contributed by atoms with Crippen LogP contribution in [0.25, 0.3) is 0 Å². The van der Waals surface area contributed by atoms with E-state index < -0.39 is 0 Å². The van der Waals surface area contributed by atoms with Crippen LogP contribution in [0.15, 0.2) is 53.5 Å². The van der Waals surface area contributed by atoms with E-state index in [9.17, 15) is 0 Å². The molecule has 5 nitrogen and oxygen atoms in total. The van der Waals surface area contributed by atoms with E-state index >= 15 is 0 Å². The van der Waals surface area contributed by atoms with E-state index in [1.807, 2.05) is 6.07 Å². The summed E-state index contributed by atoms with van der Waals surface area (Å²) in [6.45, 7) is 3.16. The molecule has 0 amide bonds. The van der Waals surface area contributed by atoms with Gasteiger partial charge in [0.1, 0.15) is 5.75 Å². The monoisotopic (exact) mass is 322 g/mol. The lowest BCUT2D eigenvalue weighted by Gasteiger charge is -2.41. The summed E-state index contributed by atoms with van der Waals surface area (Å²) in [6.07, 6.45) is 0.902. The van der Waals surface area contributed by atoms with Gasteiger partial charge in [0.05, 0.1) is 6.54 Å². The van der Waals surface area contributed by atoms with Crippen molar-refractivity contribution in [3.8, 4) is 5.75 Å². The summed E-state index contributed by atoms with van der Waals surface area (Å²) in [5, 5.41) is 0. The second-order valence-corrected chi connectivity index (χ2v) is 6.56. The second kappa shape index (κ2) is 5.83. The van der Waals surface area contributed by atoms with E-state index in [0.717, 1.165) is 31.8 Å². The first-order valence-corrected chi connectivity index (χ1v) is 8.29. The van der Waals surface area contributed by atoms with Gasteiger partial charge in [0.15, 0.2) is 11.6 Å². The van der Waals surface area contributed by atoms with E-state index in [4.69, 9.17) is 16.2 Å². The molecule has 0 saturated carbocycles. The Balaban J connectivity index is 1.65. The highest BCUT2D eigenvalue weighted by Gasteiger charge is 2.45. The molecule has 0 aliphatic carbocycles. The number of hydrogen-bond acceptors (Lipinski definition) is 3. The number of hydrogen-bond donors (Lipinski definition) is 2. The maximum absolute atomic E-state index is 6.49. The molecule has 2 aliphatic heterocycles. The Kier molecular flexibility index (Phi) is 3.65. The third-order valence-corrected chi connectivity index (χ3v) is 4.85. The van der Waals surface area contributed by atoms with Crippen molar-refractivity contribution in [2.75, 3.05) is 19.6 Å². The Morgan fingerprint density at radius 1 is 1.08 bits per heavy atom. The van der Waals surface area contributed by atoms with Crippen molar-refractivity contribution in [3.05, 3.63) is 65.2 Å². The van der Waals surface area contributed by atoms with Gasteiger partial charge in [-0.2, -0.15) is 0 Å². The lowest BCUT2D eigenvalue weighted by molar-refractivity contribution is 0.0270. The van der Waals surface area contributed by atoms with Crippen LogP contribution in [-0.2, 0) is 18.6 Å². The van der Waals surface area contributed by atoms with Gasteiger partial charge in [-0.15, -0.1) is 0 Å². The number of nitrogens with two attached hydrogens (primary N) is 2. The topological polar surface area (TPSA) is 76.9 Å². The Labute approximate surface area is 141 Å². The van der Waals surface area contributed by atoms with E-state index in [1.54, 1.807) is 0 Å². The molecule has 0 aromatic heterocycles. The smallest absolute Gasteiger partial charge is 0.185 e. The van der Waals surface area contributed by atoms with Crippen molar-refractivity contribution in [2.45, 2.75) is 18.6 Å². The molecule has 0 fully saturated rings. The van der Waals surface area contributed by atoms with Gasteiger partial charge in [0, 0.05) is 31.6 Å². The summed E-state index contributed by atoms with van der Waals surface area (Å²) in [7, 11) is 0. The highest BCUT2D eigenvalue weighted by Crippen LogP contribution is 2.45. The fraction of sp³-hybridized carbons (Fsp3) is 0.316. The Morgan fingerprint density at radius 3 is 2.62 bits per heavy atom. The van der Waals surface area contributed by atoms with E-state index in [-0.39, 0.29) is 11.6 Å². The molecule has 4 N–H and O–H groups in total. The highest BCUT2D eigenvalue weighted by atomic mass is 16.5. The number of guanidine groups is 1. The van der Waals surface area contributed by atoms with E-state index in [0.29, 0.717) is 6.54 Å². The minimum absolute atomic E-state index is 0.145. The SMILES string of the molecule is NC(N)=NCCN1Cc2ccccc2C2(Cc3ccccc3O2)C1. The maximum Gasteiger partial charge on any atom is 0.185 e. The Bertz CT molecular complexity index is 757. The summed E-state index contributed by atoms with van der Waals surface area (Å²) in [5.41, 5.74) is 14.5. The van der Waals surface area contributed by atoms with Crippen molar-refractivity contribution >= 4 is 5.96 Å². The van der Waals surface area contributed by atoms with Gasteiger partial charge in [-0.05, 0) is 17.2 Å². The van der Waals surface area contributed by atoms with Crippen LogP contribution in [-0.4, -0.2) is 30.5 Å². The normalized spacial score (nSPS) is 21.8. The van der Waals surface area contributed by atoms with Crippen molar-refractivity contribution in [1.82, 2.24) is 4.90 Å². The van der Waals surface area contributed by atoms with Gasteiger partial charge in [-0.1, -0.05) is 42.5 Å². The van der Waals surface area contributed by atoms with Crippen LogP contribution in [0.5, 0.6) is 5.75 Å². The number of para-hydroxylation sites is 1. The average molecular weight is 322 g/mol. The summed E-state index contributed by atoms with van der Waals surface area (Å²) in [4.78, 5) is 6.49. The molecule has 4 rings (SSSR count). The molecule has 2 aliphatic rings. The summed E-state index contributed by atoms with van der Waals surface area (Å²) in [6, 6.07) is 16.9. The fourth-order valence-corrected chi connectivity index (χ4v) is 3.87. The predicted molar refractivity (Wildman–Crippen MR) is 94.8 cm³/mol. The summed E-state index contributed by atoms with van der Waals surface area (Å²) in [5.74, 6) is 1.14. The first-order chi connectivity index (χ1) is 11.7. The average Bonchev–Trinajstić information content (AvgIpc) is 2.93. The van der Waals surface area contributed by atoms with Gasteiger partial charge in [-0.3, -0.25) is 9.89 Å². The number of rotatable bonds is 3. The molecule has 124 valence electrons. The lowest BCUT2D eigenvalue weighted by atomic mass is 9.82. The fourth-order valence-electron chi connectivity index (χ4n) is 3.87. The zero-order valence-corrected chi connectivity index (χ0v) is 13.6. The second-order valence-electron chi connectivity index (χ2n) is 6.56. The number of nitrogens with zero attached hydrogens (tertiary/aromatic N) is 2. The quantitative estimate of drug-likeness (QED) is 0.665. The third kappa shape index (κ3) is 2.61. The van der Waals surface area contributed by atoms with Crippen LogP contribution in [0.1, 0.15) is 16.7 Å². The molecule has 0 bridgehead atoms. The van der Waals surface area contributed by atoms with Gasteiger partial charge >= 0.3 is 0 Å². The summed E-state index contributed by atoms with van der Waals surface area (Å²) >= 11 is 0. The first-order valence-electron chi connectivity index (χ1n) is 8.29. The maximum atomic E-state index is 6.49. The number of benzene rings is 2. The molecular weight excluding hydrogens is 300 g/mol. The van der Waals surface area contributed by atoms with Gasteiger partial charge in [-0.25, -0.2) is 0 Å². The minimum Gasteiger partial charge on any atom is -0.481 e. The minimum atomic E-state index is -0.309. The lowest BCUT2D eigenvalue weighted by Crippen LogP contribution is -2.49. The molecule has 1 unspecified atom stereocenters. The van der Waals surface area contributed by atoms with Crippen molar-refractivity contribution < 1.29 is 4.74 Å². The first kappa shape index (κ1) is 15.0. The van der Waals surface area contributed by atoms with Gasteiger partial charge in [0.2, 0.25) is 0 Å². The van der Waals surface area contributed by atoms with Crippen LogP contribution in [0.2, 0.25) is 0 Å². The zero-order valence-electron chi connectivity index (χ0n) is 13.6. The van der Waals surface area contributed by atoms with E-state index in [2.05, 4.69) is 52.4 Å². The van der Waals surface area contributed by atoms with Crippen LogP contribution in [0.3, 0.4) is 0 Å². The molecule has 2 aromatic rings. The number of ether oxygens (including phenoxy) is 1. The van der Waals surface area contributed by atoms with Crippen molar-refractivity contribution in [1.29, 1.82) is 0 Å². The van der Waals surface area contributed by atoms with Crippen LogP contribution in [0, 0.1) is 0 Å². The highest BCUT2D eigenvalue weighted by molar-refractivity contribution is 5.75. The molecule has 2 aromatic carbocycles. The standard InChI is InChI=1S/C19H22N4O/c20-18(21)22-9-10-23-12-15-6-1-3-7-16(15)19(13-23)11-14-5-2-4-8-17(14)24-19/h1-8H,9-13H2,(H4,20,21,22). The third-order valence-electron chi connectivity index (χ3n) is 4.85. The molecule has 1 atom stereocenters.